The van der Waals surface area contributed by atoms with Gasteiger partial charge in [-0.15, -0.1) is 24.0 Å². The fourth-order valence-corrected chi connectivity index (χ4v) is 2.78. The van der Waals surface area contributed by atoms with E-state index in [0.717, 1.165) is 38.0 Å². The summed E-state index contributed by atoms with van der Waals surface area (Å²) in [6.45, 7) is 7.44. The fraction of sp³-hybridized carbons (Fsp3) is 0.579. The van der Waals surface area contributed by atoms with E-state index in [2.05, 4.69) is 25.9 Å². The lowest BCUT2D eigenvalue weighted by molar-refractivity contribution is -0.127. The second-order valence-electron chi connectivity index (χ2n) is 6.54. The predicted molar refractivity (Wildman–Crippen MR) is 122 cm³/mol. The highest BCUT2D eigenvalue weighted by Crippen LogP contribution is 2.09. The number of rotatable bonds is 9. The summed E-state index contributed by atoms with van der Waals surface area (Å²) in [5.41, 5.74) is 1.05. The molecular weight excluding hydrogens is 471 g/mol. The van der Waals surface area contributed by atoms with Gasteiger partial charge in [-0.1, -0.05) is 6.07 Å². The maximum absolute atomic E-state index is 12.0. The summed E-state index contributed by atoms with van der Waals surface area (Å²) in [5.74, 6) is 1.40. The van der Waals surface area contributed by atoms with E-state index in [-0.39, 0.29) is 35.8 Å². The van der Waals surface area contributed by atoms with Crippen LogP contribution in [0.4, 0.5) is 5.82 Å². The smallest absolute Gasteiger partial charge is 0.227 e. The number of nitrogens with zero attached hydrogens (tertiary/aromatic N) is 3. The van der Waals surface area contributed by atoms with Gasteiger partial charge in [0.1, 0.15) is 5.82 Å². The zero-order chi connectivity index (χ0) is 19.5. The third-order valence-electron chi connectivity index (χ3n) is 4.20. The van der Waals surface area contributed by atoms with Gasteiger partial charge in [0.25, 0.3) is 0 Å². The van der Waals surface area contributed by atoms with Crippen LogP contribution < -0.4 is 16.0 Å². The van der Waals surface area contributed by atoms with Crippen molar-refractivity contribution < 1.29 is 9.59 Å². The number of hydrogen-bond donors (Lipinski definition) is 3. The van der Waals surface area contributed by atoms with Crippen LogP contribution in [0, 0.1) is 6.92 Å². The number of carbonyl (C=O) groups excluding carboxylic acids is 2. The quantitative estimate of drug-likeness (QED) is 0.208. The maximum atomic E-state index is 12.0. The molecule has 0 saturated carbocycles. The Kier molecular flexibility index (Phi) is 11.5. The van der Waals surface area contributed by atoms with Crippen molar-refractivity contribution in [3.05, 3.63) is 23.9 Å². The number of carbonyl (C=O) groups is 2. The molecule has 2 rings (SSSR count). The first kappa shape index (κ1) is 24.1. The van der Waals surface area contributed by atoms with Crippen LogP contribution in [0.15, 0.2) is 23.3 Å². The highest BCUT2D eigenvalue weighted by atomic mass is 127. The Hall–Kier alpha value is -1.91. The molecule has 1 aromatic rings. The van der Waals surface area contributed by atoms with Crippen molar-refractivity contribution in [2.45, 2.75) is 39.5 Å². The Morgan fingerprint density at radius 3 is 2.79 bits per heavy atom. The van der Waals surface area contributed by atoms with Crippen LogP contribution in [0.25, 0.3) is 0 Å². The molecule has 8 nitrogen and oxygen atoms in total. The van der Waals surface area contributed by atoms with E-state index in [1.54, 1.807) is 12.3 Å². The van der Waals surface area contributed by atoms with Gasteiger partial charge >= 0.3 is 0 Å². The summed E-state index contributed by atoms with van der Waals surface area (Å²) in [6.07, 6.45) is 4.52. The van der Waals surface area contributed by atoms with Gasteiger partial charge < -0.3 is 20.9 Å². The SMILES string of the molecule is CCNC(=NCCCN1CCCC1=O)NCCC(=O)Nc1ccc(C)cn1.I. The molecule has 0 aliphatic carbocycles. The molecule has 0 spiro atoms. The number of likely N-dealkylation sites (tertiary alicyclic amines) is 1. The molecule has 0 radical (unpaired) electrons. The molecule has 9 heteroatoms. The lowest BCUT2D eigenvalue weighted by atomic mass is 10.3. The fourth-order valence-electron chi connectivity index (χ4n) is 2.78. The third-order valence-corrected chi connectivity index (χ3v) is 4.20. The van der Waals surface area contributed by atoms with Gasteiger partial charge in [0, 0.05) is 51.8 Å². The molecule has 0 atom stereocenters. The van der Waals surface area contributed by atoms with E-state index in [1.807, 2.05) is 24.8 Å². The summed E-state index contributed by atoms with van der Waals surface area (Å²) in [6, 6.07) is 3.70. The third kappa shape index (κ3) is 8.85. The Morgan fingerprint density at radius 2 is 2.14 bits per heavy atom. The van der Waals surface area contributed by atoms with E-state index in [0.29, 0.717) is 37.7 Å². The van der Waals surface area contributed by atoms with Crippen molar-refractivity contribution in [2.24, 2.45) is 4.99 Å². The van der Waals surface area contributed by atoms with Gasteiger partial charge in [0.15, 0.2) is 5.96 Å². The molecule has 0 unspecified atom stereocenters. The van der Waals surface area contributed by atoms with Gasteiger partial charge in [-0.2, -0.15) is 0 Å². The monoisotopic (exact) mass is 502 g/mol. The minimum atomic E-state index is -0.0951. The van der Waals surface area contributed by atoms with Crippen molar-refractivity contribution in [2.75, 3.05) is 38.0 Å². The highest BCUT2D eigenvalue weighted by Gasteiger charge is 2.18. The van der Waals surface area contributed by atoms with Crippen molar-refractivity contribution in [3.8, 4) is 0 Å². The summed E-state index contributed by atoms with van der Waals surface area (Å²) in [7, 11) is 0. The highest BCUT2D eigenvalue weighted by molar-refractivity contribution is 14.0. The Balaban J connectivity index is 0.00000392. The second kappa shape index (κ2) is 13.3. The van der Waals surface area contributed by atoms with Crippen LogP contribution in [0.1, 0.15) is 38.2 Å². The summed E-state index contributed by atoms with van der Waals surface area (Å²) in [4.78, 5) is 34.1. The number of halogens is 1. The maximum Gasteiger partial charge on any atom is 0.227 e. The van der Waals surface area contributed by atoms with Crippen molar-refractivity contribution in [3.63, 3.8) is 0 Å². The average Bonchev–Trinajstić information content (AvgIpc) is 3.05. The van der Waals surface area contributed by atoms with Crippen LogP contribution >= 0.6 is 24.0 Å². The van der Waals surface area contributed by atoms with Gasteiger partial charge in [-0.3, -0.25) is 14.6 Å². The topological polar surface area (TPSA) is 98.7 Å². The minimum absolute atomic E-state index is 0. The molecule has 0 bridgehead atoms. The number of pyridine rings is 1. The molecule has 3 N–H and O–H groups in total. The molecule has 156 valence electrons. The number of aliphatic imine (C=N–C) groups is 1. The van der Waals surface area contributed by atoms with Crippen molar-refractivity contribution in [1.29, 1.82) is 0 Å². The van der Waals surface area contributed by atoms with Gasteiger partial charge in [0.2, 0.25) is 11.8 Å². The molecule has 2 heterocycles. The number of amides is 2. The van der Waals surface area contributed by atoms with E-state index < -0.39 is 0 Å². The molecular formula is C19H31IN6O2. The summed E-state index contributed by atoms with van der Waals surface area (Å²) >= 11 is 0. The summed E-state index contributed by atoms with van der Waals surface area (Å²) < 4.78 is 0. The van der Waals surface area contributed by atoms with Crippen molar-refractivity contribution in [1.82, 2.24) is 20.5 Å². The Morgan fingerprint density at radius 1 is 1.32 bits per heavy atom. The van der Waals surface area contributed by atoms with E-state index in [9.17, 15) is 9.59 Å². The first-order chi connectivity index (χ1) is 13.1. The predicted octanol–water partition coefficient (Wildman–Crippen LogP) is 1.90. The zero-order valence-corrected chi connectivity index (χ0v) is 19.0. The van der Waals surface area contributed by atoms with Crippen molar-refractivity contribution >= 4 is 47.6 Å². The van der Waals surface area contributed by atoms with E-state index in [1.165, 1.54) is 0 Å². The second-order valence-corrected chi connectivity index (χ2v) is 6.54. The van der Waals surface area contributed by atoms with Gasteiger partial charge in [-0.25, -0.2) is 4.98 Å². The van der Waals surface area contributed by atoms with Crippen LogP contribution in [0.3, 0.4) is 0 Å². The van der Waals surface area contributed by atoms with Crippen LogP contribution in [0.5, 0.6) is 0 Å². The molecule has 0 aromatic carbocycles. The molecule has 28 heavy (non-hydrogen) atoms. The zero-order valence-electron chi connectivity index (χ0n) is 16.7. The molecule has 1 aromatic heterocycles. The van der Waals surface area contributed by atoms with E-state index >= 15 is 0 Å². The first-order valence-corrected chi connectivity index (χ1v) is 9.61. The largest absolute Gasteiger partial charge is 0.357 e. The number of nitrogens with one attached hydrogen (secondary N) is 3. The van der Waals surface area contributed by atoms with Crippen LogP contribution in [0.2, 0.25) is 0 Å². The Bertz CT molecular complexity index is 650. The number of guanidine groups is 1. The molecule has 1 fully saturated rings. The number of aryl methyl sites for hydroxylation is 1. The number of anilines is 1. The van der Waals surface area contributed by atoms with Gasteiger partial charge in [-0.05, 0) is 38.3 Å². The average molecular weight is 502 g/mol. The molecule has 1 aliphatic heterocycles. The minimum Gasteiger partial charge on any atom is -0.357 e. The molecule has 1 saturated heterocycles. The standard InChI is InChI=1S/C19H30N6O2.HI/c1-3-20-19(21-10-5-13-25-12-4-6-18(25)27)22-11-9-17(26)24-16-8-7-15(2)14-23-16;/h7-8,14H,3-6,9-13H2,1-2H3,(H2,20,21,22)(H,23,24,26);1H. The van der Waals surface area contributed by atoms with Crippen LogP contribution in [-0.4, -0.2) is 60.4 Å². The normalized spacial score (nSPS) is 13.9. The van der Waals surface area contributed by atoms with E-state index in [4.69, 9.17) is 0 Å². The number of hydrogen-bond acceptors (Lipinski definition) is 4. The van der Waals surface area contributed by atoms with Crippen LogP contribution in [-0.2, 0) is 9.59 Å². The Labute approximate surface area is 184 Å². The van der Waals surface area contributed by atoms with Gasteiger partial charge in [0.05, 0.1) is 0 Å². The summed E-state index contributed by atoms with van der Waals surface area (Å²) in [5, 5.41) is 9.10. The molecule has 1 aliphatic rings. The first-order valence-electron chi connectivity index (χ1n) is 9.61. The lowest BCUT2D eigenvalue weighted by Crippen LogP contribution is -2.39. The molecule has 2 amide bonds. The lowest BCUT2D eigenvalue weighted by Gasteiger charge is -2.15. The number of aromatic nitrogens is 1.